The second-order valence-corrected chi connectivity index (χ2v) is 5.63. The zero-order chi connectivity index (χ0) is 12.2. The van der Waals surface area contributed by atoms with E-state index >= 15 is 0 Å². The maximum Gasteiger partial charge on any atom is 0.297 e. The largest absolute Gasteiger partial charge is 0.398 e. The third kappa shape index (κ3) is 1.43. The fourth-order valence-electron chi connectivity index (χ4n) is 2.61. The van der Waals surface area contributed by atoms with Crippen LogP contribution in [0.25, 0.3) is 10.8 Å². The Morgan fingerprint density at radius 3 is 2.59 bits per heavy atom. The second kappa shape index (κ2) is 3.21. The average Bonchev–Trinajstić information content (AvgIpc) is 2.61. The van der Waals surface area contributed by atoms with Crippen molar-refractivity contribution in [2.45, 2.75) is 17.7 Å². The van der Waals surface area contributed by atoms with Gasteiger partial charge in [0.15, 0.2) is 0 Å². The summed E-state index contributed by atoms with van der Waals surface area (Å²) in [5.74, 6) is 0. The number of benzene rings is 2. The Labute approximate surface area is 98.8 Å². The van der Waals surface area contributed by atoms with Crippen molar-refractivity contribution in [3.63, 3.8) is 0 Å². The lowest BCUT2D eigenvalue weighted by Crippen LogP contribution is -2.04. The minimum Gasteiger partial charge on any atom is -0.398 e. The molecule has 0 fully saturated rings. The molecule has 0 aliphatic heterocycles. The van der Waals surface area contributed by atoms with Crippen LogP contribution < -0.4 is 5.73 Å². The highest BCUT2D eigenvalue weighted by molar-refractivity contribution is 7.86. The Balaban J connectivity index is 2.58. The van der Waals surface area contributed by atoms with Gasteiger partial charge in [0.25, 0.3) is 10.1 Å². The SMILES string of the molecule is Nc1cc2c3c(cccc3c1S(=O)(=O)O)CC2. The molecule has 0 saturated heterocycles. The molecule has 2 aromatic rings. The molecule has 0 atom stereocenters. The van der Waals surface area contributed by atoms with Gasteiger partial charge in [0.05, 0.1) is 5.69 Å². The Kier molecular flexibility index (Phi) is 1.99. The lowest BCUT2D eigenvalue weighted by molar-refractivity contribution is 0.484. The van der Waals surface area contributed by atoms with Crippen molar-refractivity contribution in [1.29, 1.82) is 0 Å². The minimum absolute atomic E-state index is 0.119. The highest BCUT2D eigenvalue weighted by Gasteiger charge is 2.23. The molecule has 0 aromatic heterocycles. The first kappa shape index (κ1) is 10.6. The number of rotatable bonds is 1. The number of anilines is 1. The molecule has 3 N–H and O–H groups in total. The summed E-state index contributed by atoms with van der Waals surface area (Å²) in [7, 11) is -4.29. The van der Waals surface area contributed by atoms with Crippen molar-refractivity contribution < 1.29 is 13.0 Å². The van der Waals surface area contributed by atoms with E-state index in [1.807, 2.05) is 6.07 Å². The molecule has 3 rings (SSSR count). The quantitative estimate of drug-likeness (QED) is 0.596. The van der Waals surface area contributed by atoms with Gasteiger partial charge in [-0.3, -0.25) is 4.55 Å². The molecule has 5 heteroatoms. The number of nitrogens with two attached hydrogens (primary N) is 1. The van der Waals surface area contributed by atoms with Gasteiger partial charge in [-0.1, -0.05) is 18.2 Å². The summed E-state index contributed by atoms with van der Waals surface area (Å²) < 4.78 is 32.0. The zero-order valence-electron chi connectivity index (χ0n) is 8.97. The second-order valence-electron chi connectivity index (χ2n) is 4.27. The van der Waals surface area contributed by atoms with Crippen LogP contribution in [-0.2, 0) is 23.0 Å². The van der Waals surface area contributed by atoms with E-state index < -0.39 is 10.1 Å². The third-order valence-corrected chi connectivity index (χ3v) is 4.20. The van der Waals surface area contributed by atoms with E-state index in [0.29, 0.717) is 5.39 Å². The maximum atomic E-state index is 11.4. The lowest BCUT2D eigenvalue weighted by atomic mass is 10.0. The molecule has 1 aliphatic rings. The van der Waals surface area contributed by atoms with Gasteiger partial charge in [-0.15, -0.1) is 0 Å². The van der Waals surface area contributed by atoms with E-state index in [0.717, 1.165) is 29.4 Å². The summed E-state index contributed by atoms with van der Waals surface area (Å²) in [6.07, 6.45) is 1.76. The van der Waals surface area contributed by atoms with Crippen LogP contribution >= 0.6 is 0 Å². The smallest absolute Gasteiger partial charge is 0.297 e. The molecule has 2 aromatic carbocycles. The van der Waals surface area contributed by atoms with E-state index in [1.165, 1.54) is 0 Å². The number of aryl methyl sites for hydroxylation is 2. The first-order valence-corrected chi connectivity index (χ1v) is 6.73. The number of hydrogen-bond donors (Lipinski definition) is 2. The predicted octanol–water partition coefficient (Wildman–Crippen LogP) is 1.77. The fourth-order valence-corrected chi connectivity index (χ4v) is 3.42. The van der Waals surface area contributed by atoms with Crippen molar-refractivity contribution in [1.82, 2.24) is 0 Å². The van der Waals surface area contributed by atoms with Gasteiger partial charge in [-0.2, -0.15) is 8.42 Å². The molecular weight excluding hydrogens is 238 g/mol. The Morgan fingerprint density at radius 2 is 1.88 bits per heavy atom. The molecule has 0 radical (unpaired) electrons. The molecule has 0 heterocycles. The van der Waals surface area contributed by atoms with E-state index in [4.69, 9.17) is 5.73 Å². The molecule has 88 valence electrons. The van der Waals surface area contributed by atoms with Crippen LogP contribution in [0.5, 0.6) is 0 Å². The molecule has 0 unspecified atom stereocenters. The zero-order valence-corrected chi connectivity index (χ0v) is 9.79. The van der Waals surface area contributed by atoms with Crippen LogP contribution in [0.15, 0.2) is 29.2 Å². The predicted molar refractivity (Wildman–Crippen MR) is 65.6 cm³/mol. The first-order chi connectivity index (χ1) is 7.98. The van der Waals surface area contributed by atoms with E-state index in [9.17, 15) is 13.0 Å². The summed E-state index contributed by atoms with van der Waals surface area (Å²) in [4.78, 5) is -0.167. The normalized spacial score (nSPS) is 14.4. The Morgan fingerprint density at radius 1 is 1.18 bits per heavy atom. The van der Waals surface area contributed by atoms with Crippen molar-refractivity contribution in [3.05, 3.63) is 35.4 Å². The van der Waals surface area contributed by atoms with E-state index in [2.05, 4.69) is 0 Å². The number of hydrogen-bond acceptors (Lipinski definition) is 3. The lowest BCUT2D eigenvalue weighted by Gasteiger charge is -2.09. The van der Waals surface area contributed by atoms with Crippen LogP contribution in [0, 0.1) is 0 Å². The van der Waals surface area contributed by atoms with Gasteiger partial charge in [-0.25, -0.2) is 0 Å². The molecule has 0 bridgehead atoms. The minimum atomic E-state index is -4.29. The van der Waals surface area contributed by atoms with E-state index in [-0.39, 0.29) is 10.6 Å². The number of nitrogen functional groups attached to an aromatic ring is 1. The third-order valence-electron chi connectivity index (χ3n) is 3.23. The highest BCUT2D eigenvalue weighted by atomic mass is 32.2. The van der Waals surface area contributed by atoms with Gasteiger partial charge in [-0.05, 0) is 35.4 Å². The molecule has 0 spiro atoms. The van der Waals surface area contributed by atoms with Gasteiger partial charge in [0.2, 0.25) is 0 Å². The van der Waals surface area contributed by atoms with Crippen LogP contribution in [-0.4, -0.2) is 13.0 Å². The molecule has 0 saturated carbocycles. The summed E-state index contributed by atoms with van der Waals surface area (Å²) >= 11 is 0. The molecular formula is C12H11NO3S. The van der Waals surface area contributed by atoms with Gasteiger partial charge < -0.3 is 5.73 Å². The summed E-state index contributed by atoms with van der Waals surface area (Å²) in [6, 6.07) is 7.11. The fraction of sp³-hybridized carbons (Fsp3) is 0.167. The van der Waals surface area contributed by atoms with Crippen molar-refractivity contribution >= 4 is 26.6 Å². The topological polar surface area (TPSA) is 80.4 Å². The van der Waals surface area contributed by atoms with Crippen LogP contribution in [0.4, 0.5) is 5.69 Å². The average molecular weight is 249 g/mol. The van der Waals surface area contributed by atoms with Crippen molar-refractivity contribution in [3.8, 4) is 0 Å². The van der Waals surface area contributed by atoms with Gasteiger partial charge in [0.1, 0.15) is 4.90 Å². The van der Waals surface area contributed by atoms with Gasteiger partial charge in [0, 0.05) is 5.39 Å². The standard InChI is InChI=1S/C12H11NO3S/c13-10-6-8-5-4-7-2-1-3-9(11(7)8)12(10)17(14,15)16/h1-3,6H,4-5,13H2,(H,14,15,16). The van der Waals surface area contributed by atoms with Crippen LogP contribution in [0.2, 0.25) is 0 Å². The summed E-state index contributed by atoms with van der Waals surface area (Å²) in [6.45, 7) is 0. The molecule has 17 heavy (non-hydrogen) atoms. The first-order valence-electron chi connectivity index (χ1n) is 5.29. The molecule has 4 nitrogen and oxygen atoms in total. The summed E-state index contributed by atoms with van der Waals surface area (Å²) in [5, 5.41) is 1.45. The molecule has 1 aliphatic carbocycles. The van der Waals surface area contributed by atoms with E-state index in [1.54, 1.807) is 18.2 Å². The van der Waals surface area contributed by atoms with Crippen LogP contribution in [0.3, 0.4) is 0 Å². The maximum absolute atomic E-state index is 11.4. The van der Waals surface area contributed by atoms with Crippen molar-refractivity contribution in [2.24, 2.45) is 0 Å². The van der Waals surface area contributed by atoms with Gasteiger partial charge >= 0.3 is 0 Å². The monoisotopic (exact) mass is 249 g/mol. The van der Waals surface area contributed by atoms with Crippen molar-refractivity contribution in [2.75, 3.05) is 5.73 Å². The Hall–Kier alpha value is -1.59. The molecule has 0 amide bonds. The summed E-state index contributed by atoms with van der Waals surface area (Å²) in [5.41, 5.74) is 8.02. The van der Waals surface area contributed by atoms with Crippen LogP contribution in [0.1, 0.15) is 11.1 Å². The highest BCUT2D eigenvalue weighted by Crippen LogP contribution is 2.37. The Bertz CT molecular complexity index is 735.